The molecule has 0 spiro atoms. The van der Waals surface area contributed by atoms with Crippen LogP contribution in [0.2, 0.25) is 0 Å². The maximum atomic E-state index is 6.51. The second kappa shape index (κ2) is 8.51. The molecular formula is C38H21N3OS. The molecule has 43 heavy (non-hydrogen) atoms. The quantitative estimate of drug-likeness (QED) is 0.209. The van der Waals surface area contributed by atoms with Gasteiger partial charge in [0.05, 0.1) is 15.7 Å². The minimum absolute atomic E-state index is 0.637. The first-order chi connectivity index (χ1) is 21.3. The van der Waals surface area contributed by atoms with E-state index in [2.05, 4.69) is 114 Å². The summed E-state index contributed by atoms with van der Waals surface area (Å²) in [6.07, 6.45) is 0. The summed E-state index contributed by atoms with van der Waals surface area (Å²) in [5, 5.41) is 8.18. The molecule has 0 aliphatic rings. The van der Waals surface area contributed by atoms with E-state index >= 15 is 0 Å². The zero-order valence-corrected chi connectivity index (χ0v) is 23.6. The molecule has 0 saturated heterocycles. The van der Waals surface area contributed by atoms with Crippen molar-refractivity contribution in [2.45, 2.75) is 0 Å². The molecule has 5 heteroatoms. The van der Waals surface area contributed by atoms with Crippen molar-refractivity contribution in [3.63, 3.8) is 0 Å². The van der Waals surface area contributed by atoms with E-state index in [1.807, 2.05) is 29.5 Å². The van der Waals surface area contributed by atoms with Crippen LogP contribution in [-0.4, -0.2) is 14.5 Å². The Labute approximate surface area is 249 Å². The van der Waals surface area contributed by atoms with Gasteiger partial charge < -0.3 is 4.42 Å². The van der Waals surface area contributed by atoms with Gasteiger partial charge in [0.2, 0.25) is 5.95 Å². The van der Waals surface area contributed by atoms with Gasteiger partial charge in [-0.25, -0.2) is 9.97 Å². The molecule has 0 unspecified atom stereocenters. The Morgan fingerprint density at radius 2 is 1.28 bits per heavy atom. The topological polar surface area (TPSA) is 43.9 Å². The Hall–Kier alpha value is -5.52. The molecule has 0 saturated carbocycles. The number of benzene rings is 6. The maximum Gasteiger partial charge on any atom is 0.236 e. The Bertz CT molecular complexity index is 2740. The van der Waals surface area contributed by atoms with Crippen LogP contribution < -0.4 is 0 Å². The summed E-state index contributed by atoms with van der Waals surface area (Å²) in [5.74, 6) is 0.637. The van der Waals surface area contributed by atoms with Crippen LogP contribution in [0, 0.1) is 0 Å². The predicted octanol–water partition coefficient (Wildman–Crippen LogP) is 10.7. The molecule has 0 fully saturated rings. The second-order valence-corrected chi connectivity index (χ2v) is 12.0. The molecule has 0 aliphatic heterocycles. The molecule has 4 nitrogen and oxygen atoms in total. The van der Waals surface area contributed by atoms with Crippen LogP contribution in [-0.2, 0) is 0 Å². The van der Waals surface area contributed by atoms with Gasteiger partial charge in [-0.05, 0) is 35.0 Å². The molecule has 0 N–H and O–H groups in total. The third-order valence-electron chi connectivity index (χ3n) is 8.63. The van der Waals surface area contributed by atoms with E-state index in [1.54, 1.807) is 0 Å². The fourth-order valence-corrected chi connectivity index (χ4v) is 7.97. The molecule has 0 aliphatic carbocycles. The first kappa shape index (κ1) is 23.1. The van der Waals surface area contributed by atoms with Crippen molar-refractivity contribution < 1.29 is 4.42 Å². The van der Waals surface area contributed by atoms with Gasteiger partial charge in [-0.1, -0.05) is 103 Å². The predicted molar refractivity (Wildman–Crippen MR) is 179 cm³/mol. The number of aromatic nitrogens is 3. The van der Waals surface area contributed by atoms with Crippen molar-refractivity contribution in [1.82, 2.24) is 14.5 Å². The first-order valence-corrected chi connectivity index (χ1v) is 15.2. The van der Waals surface area contributed by atoms with Crippen molar-refractivity contribution in [2.24, 2.45) is 0 Å². The fraction of sp³-hybridized carbons (Fsp3) is 0. The number of fused-ring (bicyclic) bond motifs is 11. The van der Waals surface area contributed by atoms with Gasteiger partial charge in [0.25, 0.3) is 0 Å². The molecule has 0 amide bonds. The van der Waals surface area contributed by atoms with Gasteiger partial charge in [-0.15, -0.1) is 11.3 Å². The van der Waals surface area contributed by atoms with Gasteiger partial charge >= 0.3 is 0 Å². The van der Waals surface area contributed by atoms with Gasteiger partial charge in [0.1, 0.15) is 16.8 Å². The van der Waals surface area contributed by atoms with E-state index in [9.17, 15) is 0 Å². The van der Waals surface area contributed by atoms with Crippen molar-refractivity contribution in [3.8, 4) is 17.2 Å². The van der Waals surface area contributed by atoms with Crippen LogP contribution >= 0.6 is 11.3 Å². The minimum Gasteiger partial charge on any atom is -0.452 e. The number of furan rings is 1. The monoisotopic (exact) mass is 567 g/mol. The highest BCUT2D eigenvalue weighted by molar-refractivity contribution is 7.26. The number of nitrogens with zero attached hydrogens (tertiary/aromatic N) is 3. The average molecular weight is 568 g/mol. The normalized spacial score (nSPS) is 12.2. The highest BCUT2D eigenvalue weighted by atomic mass is 32.1. The largest absolute Gasteiger partial charge is 0.452 e. The van der Waals surface area contributed by atoms with Gasteiger partial charge in [0, 0.05) is 37.2 Å². The molecule has 200 valence electrons. The van der Waals surface area contributed by atoms with Crippen molar-refractivity contribution in [3.05, 3.63) is 127 Å². The van der Waals surface area contributed by atoms with E-state index in [0.29, 0.717) is 11.5 Å². The standard InChI is InChI=1S/C38H21N3OS/c1-2-12-23-22(10-1)11-9-16-26(23)33-36-34(29-15-4-7-18-31(29)42-36)40-38(39-33)41-30-17-6-3-13-24(30)27-20-21-28-25-14-5-8-19-32(25)43-37(28)35(27)41/h1-21H. The lowest BCUT2D eigenvalue weighted by atomic mass is 10.0. The Kier molecular flexibility index (Phi) is 4.57. The number of hydrogen-bond acceptors (Lipinski definition) is 4. The lowest BCUT2D eigenvalue weighted by Gasteiger charge is -2.11. The van der Waals surface area contributed by atoms with Gasteiger partial charge in [0.15, 0.2) is 5.58 Å². The fourth-order valence-electron chi connectivity index (χ4n) is 6.73. The molecule has 0 bridgehead atoms. The van der Waals surface area contributed by atoms with E-state index in [0.717, 1.165) is 49.5 Å². The van der Waals surface area contributed by atoms with Gasteiger partial charge in [-0.3, -0.25) is 4.57 Å². The summed E-state index contributed by atoms with van der Waals surface area (Å²) < 4.78 is 11.3. The lowest BCUT2D eigenvalue weighted by Crippen LogP contribution is -2.03. The number of rotatable bonds is 2. The maximum absolute atomic E-state index is 6.51. The number of para-hydroxylation sites is 2. The summed E-state index contributed by atoms with van der Waals surface area (Å²) in [7, 11) is 0. The van der Waals surface area contributed by atoms with Crippen LogP contribution in [0.15, 0.2) is 132 Å². The summed E-state index contributed by atoms with van der Waals surface area (Å²) in [4.78, 5) is 10.7. The highest BCUT2D eigenvalue weighted by Gasteiger charge is 2.23. The van der Waals surface area contributed by atoms with Crippen LogP contribution in [0.4, 0.5) is 0 Å². The SMILES string of the molecule is c1ccc2c(-c3nc(-n4c5ccccc5c5ccc6c7ccccc7sc6c54)nc4c3oc3ccccc34)cccc2c1. The van der Waals surface area contributed by atoms with Gasteiger partial charge in [-0.2, -0.15) is 0 Å². The van der Waals surface area contributed by atoms with E-state index in [4.69, 9.17) is 14.4 Å². The third-order valence-corrected chi connectivity index (χ3v) is 9.83. The molecular weight excluding hydrogens is 547 g/mol. The number of thiophene rings is 1. The number of hydrogen-bond donors (Lipinski definition) is 0. The minimum atomic E-state index is 0.637. The van der Waals surface area contributed by atoms with Crippen LogP contribution in [0.1, 0.15) is 0 Å². The molecule has 6 aromatic carbocycles. The van der Waals surface area contributed by atoms with E-state index in [-0.39, 0.29) is 0 Å². The average Bonchev–Trinajstić information content (AvgIpc) is 3.74. The third kappa shape index (κ3) is 3.14. The Balaban J connectivity index is 1.41. The van der Waals surface area contributed by atoms with E-state index in [1.165, 1.54) is 30.9 Å². The van der Waals surface area contributed by atoms with Crippen molar-refractivity contribution in [2.75, 3.05) is 0 Å². The summed E-state index contributed by atoms with van der Waals surface area (Å²) in [6, 6.07) is 44.7. The summed E-state index contributed by atoms with van der Waals surface area (Å²) in [6.45, 7) is 0. The molecule has 10 aromatic rings. The van der Waals surface area contributed by atoms with Crippen LogP contribution in [0.3, 0.4) is 0 Å². The zero-order chi connectivity index (χ0) is 28.1. The van der Waals surface area contributed by atoms with Crippen LogP contribution in [0.25, 0.3) is 92.0 Å². The highest BCUT2D eigenvalue weighted by Crippen LogP contribution is 2.44. The van der Waals surface area contributed by atoms with E-state index < -0.39 is 0 Å². The zero-order valence-electron chi connectivity index (χ0n) is 22.8. The molecule has 0 atom stereocenters. The summed E-state index contributed by atoms with van der Waals surface area (Å²) in [5.41, 5.74) is 6.36. The summed E-state index contributed by atoms with van der Waals surface area (Å²) >= 11 is 1.83. The Morgan fingerprint density at radius 1 is 0.558 bits per heavy atom. The lowest BCUT2D eigenvalue weighted by molar-refractivity contribution is 0.666. The molecule has 4 heterocycles. The Morgan fingerprint density at radius 3 is 2.21 bits per heavy atom. The van der Waals surface area contributed by atoms with Crippen molar-refractivity contribution in [1.29, 1.82) is 0 Å². The molecule has 4 aromatic heterocycles. The van der Waals surface area contributed by atoms with Crippen LogP contribution in [0.5, 0.6) is 0 Å². The molecule has 10 rings (SSSR count). The smallest absolute Gasteiger partial charge is 0.236 e. The molecule has 0 radical (unpaired) electrons. The first-order valence-electron chi connectivity index (χ1n) is 14.3. The second-order valence-electron chi connectivity index (χ2n) is 11.0. The van der Waals surface area contributed by atoms with Crippen molar-refractivity contribution >= 4 is 86.2 Å².